The third-order valence-electron chi connectivity index (χ3n) is 2.71. The molecule has 0 aromatic carbocycles. The standard InChI is InChI=1S/C13H15NO2S/c1-14(11-5-6-11)13(16)10-8-12(17-9-10)4-2-3-7-15/h8-9,11,15H,3,5-7H2,1H3. The molecule has 4 heteroatoms. The lowest BCUT2D eigenvalue weighted by molar-refractivity contribution is 0.0785. The summed E-state index contributed by atoms with van der Waals surface area (Å²) in [7, 11) is 1.86. The van der Waals surface area contributed by atoms with Gasteiger partial charge in [-0.3, -0.25) is 4.79 Å². The number of carbonyl (C=O) groups is 1. The highest BCUT2D eigenvalue weighted by Crippen LogP contribution is 2.27. The van der Waals surface area contributed by atoms with Gasteiger partial charge in [0.1, 0.15) is 0 Å². The maximum absolute atomic E-state index is 12.0. The van der Waals surface area contributed by atoms with Crippen molar-refractivity contribution in [3.05, 3.63) is 21.9 Å². The second-order valence-corrected chi connectivity index (χ2v) is 5.03. The Bertz CT molecular complexity index is 465. The van der Waals surface area contributed by atoms with Crippen LogP contribution in [0.2, 0.25) is 0 Å². The van der Waals surface area contributed by atoms with Crippen molar-refractivity contribution in [2.24, 2.45) is 0 Å². The molecule has 0 radical (unpaired) electrons. The highest BCUT2D eigenvalue weighted by molar-refractivity contribution is 7.10. The molecule has 0 saturated heterocycles. The van der Waals surface area contributed by atoms with Crippen LogP contribution in [0.5, 0.6) is 0 Å². The molecule has 1 aliphatic carbocycles. The first-order valence-electron chi connectivity index (χ1n) is 5.68. The Morgan fingerprint density at radius 1 is 1.65 bits per heavy atom. The van der Waals surface area contributed by atoms with Crippen LogP contribution in [-0.2, 0) is 0 Å². The van der Waals surface area contributed by atoms with Gasteiger partial charge in [-0.15, -0.1) is 11.3 Å². The predicted molar refractivity (Wildman–Crippen MR) is 68.0 cm³/mol. The van der Waals surface area contributed by atoms with Gasteiger partial charge in [-0.25, -0.2) is 0 Å². The van der Waals surface area contributed by atoms with Gasteiger partial charge in [0.15, 0.2) is 0 Å². The molecule has 3 nitrogen and oxygen atoms in total. The van der Waals surface area contributed by atoms with E-state index in [0.29, 0.717) is 12.5 Å². The molecule has 1 amide bonds. The molecule has 0 atom stereocenters. The number of nitrogens with zero attached hydrogens (tertiary/aromatic N) is 1. The summed E-state index contributed by atoms with van der Waals surface area (Å²) < 4.78 is 0. The van der Waals surface area contributed by atoms with Crippen molar-refractivity contribution in [1.29, 1.82) is 0 Å². The Morgan fingerprint density at radius 2 is 2.41 bits per heavy atom. The number of amides is 1. The van der Waals surface area contributed by atoms with E-state index in [1.807, 2.05) is 23.4 Å². The molecule has 1 N–H and O–H groups in total. The Labute approximate surface area is 105 Å². The van der Waals surface area contributed by atoms with Crippen molar-refractivity contribution in [3.8, 4) is 11.8 Å². The number of thiophene rings is 1. The zero-order valence-electron chi connectivity index (χ0n) is 9.77. The van der Waals surface area contributed by atoms with Crippen LogP contribution in [0.25, 0.3) is 0 Å². The number of aliphatic hydroxyl groups excluding tert-OH is 1. The Balaban J connectivity index is 2.02. The molecule has 1 aromatic heterocycles. The fourth-order valence-corrected chi connectivity index (χ4v) is 2.30. The van der Waals surface area contributed by atoms with E-state index in [-0.39, 0.29) is 12.5 Å². The zero-order chi connectivity index (χ0) is 12.3. The first-order valence-corrected chi connectivity index (χ1v) is 6.55. The van der Waals surface area contributed by atoms with Gasteiger partial charge in [0.05, 0.1) is 17.0 Å². The lowest BCUT2D eigenvalue weighted by atomic mass is 10.2. The molecule has 1 saturated carbocycles. The first-order chi connectivity index (χ1) is 8.22. The summed E-state index contributed by atoms with van der Waals surface area (Å²) in [6, 6.07) is 2.27. The lowest BCUT2D eigenvalue weighted by Crippen LogP contribution is -2.28. The molecule has 1 fully saturated rings. The van der Waals surface area contributed by atoms with Gasteiger partial charge in [0.2, 0.25) is 0 Å². The molecular weight excluding hydrogens is 234 g/mol. The van der Waals surface area contributed by atoms with Crippen LogP contribution in [-0.4, -0.2) is 35.6 Å². The summed E-state index contributed by atoms with van der Waals surface area (Å²) in [6.07, 6.45) is 2.72. The van der Waals surface area contributed by atoms with Gasteiger partial charge in [0.25, 0.3) is 5.91 Å². The summed E-state index contributed by atoms with van der Waals surface area (Å²) in [5.74, 6) is 5.88. The molecule has 1 aliphatic rings. The van der Waals surface area contributed by atoms with E-state index in [9.17, 15) is 4.79 Å². The number of hydrogen-bond acceptors (Lipinski definition) is 3. The van der Waals surface area contributed by atoms with Crippen LogP contribution in [0.15, 0.2) is 11.4 Å². The van der Waals surface area contributed by atoms with E-state index in [4.69, 9.17) is 5.11 Å². The number of hydrogen-bond donors (Lipinski definition) is 1. The van der Waals surface area contributed by atoms with Gasteiger partial charge in [-0.1, -0.05) is 11.8 Å². The Kier molecular flexibility index (Phi) is 3.82. The summed E-state index contributed by atoms with van der Waals surface area (Å²) in [5, 5.41) is 10.5. The molecule has 0 aliphatic heterocycles. The summed E-state index contributed by atoms with van der Waals surface area (Å²) in [5.41, 5.74) is 0.720. The largest absolute Gasteiger partial charge is 0.395 e. The highest BCUT2D eigenvalue weighted by Gasteiger charge is 2.30. The number of rotatable bonds is 3. The topological polar surface area (TPSA) is 40.5 Å². The monoisotopic (exact) mass is 249 g/mol. The highest BCUT2D eigenvalue weighted by atomic mass is 32.1. The molecular formula is C13H15NO2S. The van der Waals surface area contributed by atoms with Gasteiger partial charge in [-0.05, 0) is 18.9 Å². The van der Waals surface area contributed by atoms with E-state index < -0.39 is 0 Å². The summed E-state index contributed by atoms with van der Waals surface area (Å²) in [4.78, 5) is 14.7. The third kappa shape index (κ3) is 3.09. The minimum Gasteiger partial charge on any atom is -0.395 e. The molecule has 1 aromatic rings. The van der Waals surface area contributed by atoms with Crippen LogP contribution in [0.3, 0.4) is 0 Å². The first kappa shape index (κ1) is 12.2. The molecule has 17 heavy (non-hydrogen) atoms. The van der Waals surface area contributed by atoms with E-state index in [2.05, 4.69) is 11.8 Å². The predicted octanol–water partition coefficient (Wildman–Crippen LogP) is 1.72. The molecule has 0 spiro atoms. The van der Waals surface area contributed by atoms with Gasteiger partial charge < -0.3 is 10.0 Å². The maximum Gasteiger partial charge on any atom is 0.254 e. The average Bonchev–Trinajstić information content (AvgIpc) is 3.08. The molecule has 2 rings (SSSR count). The van der Waals surface area contributed by atoms with Crippen LogP contribution >= 0.6 is 11.3 Å². The maximum atomic E-state index is 12.0. The van der Waals surface area contributed by atoms with Gasteiger partial charge in [-0.2, -0.15) is 0 Å². The number of carbonyl (C=O) groups excluding carboxylic acids is 1. The van der Waals surface area contributed by atoms with E-state index >= 15 is 0 Å². The van der Waals surface area contributed by atoms with Crippen molar-refractivity contribution in [2.75, 3.05) is 13.7 Å². The Morgan fingerprint density at radius 3 is 3.06 bits per heavy atom. The third-order valence-corrected chi connectivity index (χ3v) is 3.56. The summed E-state index contributed by atoms with van der Waals surface area (Å²) >= 11 is 1.48. The zero-order valence-corrected chi connectivity index (χ0v) is 10.6. The minimum atomic E-state index is 0.0780. The molecule has 1 heterocycles. The van der Waals surface area contributed by atoms with E-state index in [0.717, 1.165) is 23.3 Å². The number of aliphatic hydroxyl groups is 1. The van der Waals surface area contributed by atoms with Gasteiger partial charge in [0, 0.05) is 24.9 Å². The lowest BCUT2D eigenvalue weighted by Gasteiger charge is -2.14. The van der Waals surface area contributed by atoms with Crippen molar-refractivity contribution in [3.63, 3.8) is 0 Å². The molecule has 90 valence electrons. The average molecular weight is 249 g/mol. The molecule has 0 bridgehead atoms. The van der Waals surface area contributed by atoms with E-state index in [1.54, 1.807) is 0 Å². The van der Waals surface area contributed by atoms with Crippen LogP contribution < -0.4 is 0 Å². The van der Waals surface area contributed by atoms with Crippen molar-refractivity contribution in [2.45, 2.75) is 25.3 Å². The Hall–Kier alpha value is -1.31. The van der Waals surface area contributed by atoms with Crippen LogP contribution in [0.1, 0.15) is 34.5 Å². The quantitative estimate of drug-likeness (QED) is 0.829. The fourth-order valence-electron chi connectivity index (χ4n) is 1.55. The van der Waals surface area contributed by atoms with Crippen molar-refractivity contribution in [1.82, 2.24) is 4.90 Å². The van der Waals surface area contributed by atoms with Crippen molar-refractivity contribution < 1.29 is 9.90 Å². The fraction of sp³-hybridized carbons (Fsp3) is 0.462. The molecule has 0 unspecified atom stereocenters. The van der Waals surface area contributed by atoms with Crippen molar-refractivity contribution >= 4 is 17.2 Å². The van der Waals surface area contributed by atoms with Crippen LogP contribution in [0.4, 0.5) is 0 Å². The smallest absolute Gasteiger partial charge is 0.254 e. The minimum absolute atomic E-state index is 0.0780. The second kappa shape index (κ2) is 5.35. The van der Waals surface area contributed by atoms with E-state index in [1.165, 1.54) is 11.3 Å². The second-order valence-electron chi connectivity index (χ2n) is 4.12. The van der Waals surface area contributed by atoms with Gasteiger partial charge >= 0.3 is 0 Å². The van der Waals surface area contributed by atoms with Crippen LogP contribution in [0, 0.1) is 11.8 Å². The SMILES string of the molecule is CN(C(=O)c1csc(C#CCCO)c1)C1CC1. The normalized spacial score (nSPS) is 14.0. The summed E-state index contributed by atoms with van der Waals surface area (Å²) in [6.45, 7) is 0.0780.